The number of amides is 1. The molecule has 1 aliphatic heterocycles. The van der Waals surface area contributed by atoms with Gasteiger partial charge < -0.3 is 10.1 Å². The molecule has 0 atom stereocenters. The summed E-state index contributed by atoms with van der Waals surface area (Å²) in [6, 6.07) is 12.1. The fourth-order valence-electron chi connectivity index (χ4n) is 4.12. The molecular weight excluding hydrogens is 390 g/mol. The second-order valence-corrected chi connectivity index (χ2v) is 8.08. The smallest absolute Gasteiger partial charge is 0.220 e. The molecule has 0 spiro atoms. The van der Waals surface area contributed by atoms with Gasteiger partial charge in [-0.3, -0.25) is 9.69 Å². The lowest BCUT2D eigenvalue weighted by Crippen LogP contribution is -2.38. The largest absolute Gasteiger partial charge is 0.379 e. The Hall–Kier alpha value is -2.77. The minimum atomic E-state index is 0.0892. The molecule has 2 aromatic heterocycles. The number of fused-ring (bicyclic) bond motifs is 1. The van der Waals surface area contributed by atoms with E-state index >= 15 is 0 Å². The highest BCUT2D eigenvalue weighted by Crippen LogP contribution is 2.22. The molecule has 0 bridgehead atoms. The van der Waals surface area contributed by atoms with Crippen molar-refractivity contribution in [2.24, 2.45) is 0 Å². The average Bonchev–Trinajstić information content (AvgIpc) is 3.22. The molecule has 164 valence electrons. The van der Waals surface area contributed by atoms with Crippen LogP contribution in [-0.4, -0.2) is 64.8 Å². The molecule has 1 saturated heterocycles. The summed E-state index contributed by atoms with van der Waals surface area (Å²) in [7, 11) is 0. The van der Waals surface area contributed by atoms with Gasteiger partial charge in [0.2, 0.25) is 5.91 Å². The zero-order chi connectivity index (χ0) is 21.6. The Kier molecular flexibility index (Phi) is 6.94. The van der Waals surface area contributed by atoms with Crippen molar-refractivity contribution in [2.45, 2.75) is 33.1 Å². The molecule has 0 radical (unpaired) electrons. The number of benzene rings is 1. The summed E-state index contributed by atoms with van der Waals surface area (Å²) >= 11 is 0. The van der Waals surface area contributed by atoms with Crippen molar-refractivity contribution >= 4 is 11.6 Å². The molecule has 0 aliphatic carbocycles. The molecule has 0 saturated carbocycles. The van der Waals surface area contributed by atoms with Crippen molar-refractivity contribution in [1.29, 1.82) is 0 Å². The summed E-state index contributed by atoms with van der Waals surface area (Å²) in [5.41, 5.74) is 5.92. The van der Waals surface area contributed by atoms with Gasteiger partial charge in [0.15, 0.2) is 5.65 Å². The van der Waals surface area contributed by atoms with Crippen molar-refractivity contribution in [3.05, 3.63) is 53.3 Å². The molecule has 3 heterocycles. The number of aryl methyl sites for hydroxylation is 2. The van der Waals surface area contributed by atoms with E-state index < -0.39 is 0 Å². The highest BCUT2D eigenvalue weighted by atomic mass is 16.5. The van der Waals surface area contributed by atoms with Crippen molar-refractivity contribution in [3.63, 3.8) is 0 Å². The van der Waals surface area contributed by atoms with E-state index in [1.807, 2.05) is 47.8 Å². The SMILES string of the molecule is Cc1nc2cc(-c3ccccc3)nn2c(C)c1CCC(=O)NCCCN1CCOCC1. The Labute approximate surface area is 183 Å². The highest BCUT2D eigenvalue weighted by Gasteiger charge is 2.14. The van der Waals surface area contributed by atoms with E-state index in [2.05, 4.69) is 17.1 Å². The van der Waals surface area contributed by atoms with Gasteiger partial charge in [0.1, 0.15) is 0 Å². The van der Waals surface area contributed by atoms with Gasteiger partial charge in [0, 0.05) is 49.1 Å². The summed E-state index contributed by atoms with van der Waals surface area (Å²) in [5.74, 6) is 0.0892. The number of hydrogen-bond donors (Lipinski definition) is 1. The standard InChI is InChI=1S/C24H31N5O2/c1-18-21(9-10-24(30)25-11-6-12-28-13-15-31-16-14-28)19(2)29-23(26-18)17-22(27-29)20-7-4-3-5-8-20/h3-5,7-8,17H,6,9-16H2,1-2H3,(H,25,30). The Morgan fingerprint density at radius 1 is 1.16 bits per heavy atom. The Morgan fingerprint density at radius 2 is 1.94 bits per heavy atom. The van der Waals surface area contributed by atoms with E-state index in [4.69, 9.17) is 14.8 Å². The van der Waals surface area contributed by atoms with Crippen LogP contribution in [0.2, 0.25) is 0 Å². The fourth-order valence-corrected chi connectivity index (χ4v) is 4.12. The second kappa shape index (κ2) is 10.0. The van der Waals surface area contributed by atoms with Crippen LogP contribution in [0.1, 0.15) is 29.8 Å². The topological polar surface area (TPSA) is 71.8 Å². The number of aromatic nitrogens is 3. The van der Waals surface area contributed by atoms with Gasteiger partial charge in [0.25, 0.3) is 0 Å². The van der Waals surface area contributed by atoms with Crippen LogP contribution < -0.4 is 5.32 Å². The van der Waals surface area contributed by atoms with Crippen molar-refractivity contribution in [3.8, 4) is 11.3 Å². The highest BCUT2D eigenvalue weighted by molar-refractivity contribution is 5.76. The number of rotatable bonds is 8. The first-order valence-corrected chi connectivity index (χ1v) is 11.1. The van der Waals surface area contributed by atoms with Crippen LogP contribution in [0.4, 0.5) is 0 Å². The van der Waals surface area contributed by atoms with Crippen LogP contribution in [-0.2, 0) is 16.0 Å². The molecule has 0 unspecified atom stereocenters. The number of nitrogens with zero attached hydrogens (tertiary/aromatic N) is 4. The van der Waals surface area contributed by atoms with Gasteiger partial charge in [-0.25, -0.2) is 9.50 Å². The van der Waals surface area contributed by atoms with Crippen molar-refractivity contribution in [1.82, 2.24) is 24.8 Å². The third-order valence-electron chi connectivity index (χ3n) is 5.91. The van der Waals surface area contributed by atoms with Crippen LogP contribution in [0.5, 0.6) is 0 Å². The monoisotopic (exact) mass is 421 g/mol. The molecule has 3 aromatic rings. The number of morpholine rings is 1. The van der Waals surface area contributed by atoms with Gasteiger partial charge in [0.05, 0.1) is 18.9 Å². The number of ether oxygens (including phenoxy) is 1. The van der Waals surface area contributed by atoms with Gasteiger partial charge >= 0.3 is 0 Å². The van der Waals surface area contributed by atoms with Crippen LogP contribution >= 0.6 is 0 Å². The number of carbonyl (C=O) groups is 1. The molecule has 1 fully saturated rings. The lowest BCUT2D eigenvalue weighted by atomic mass is 10.1. The first kappa shape index (κ1) is 21.5. The maximum atomic E-state index is 12.4. The van der Waals surface area contributed by atoms with Gasteiger partial charge in [-0.2, -0.15) is 5.10 Å². The van der Waals surface area contributed by atoms with Gasteiger partial charge in [-0.15, -0.1) is 0 Å². The van der Waals surface area contributed by atoms with Crippen LogP contribution in [0.25, 0.3) is 16.9 Å². The predicted molar refractivity (Wildman–Crippen MR) is 121 cm³/mol. The van der Waals surface area contributed by atoms with E-state index in [0.717, 1.165) is 73.1 Å². The van der Waals surface area contributed by atoms with Gasteiger partial charge in [-0.05, 0) is 38.8 Å². The lowest BCUT2D eigenvalue weighted by Gasteiger charge is -2.26. The first-order chi connectivity index (χ1) is 15.1. The van der Waals surface area contributed by atoms with Crippen molar-refractivity contribution < 1.29 is 9.53 Å². The molecule has 1 N–H and O–H groups in total. The van der Waals surface area contributed by atoms with E-state index in [1.54, 1.807) is 0 Å². The Balaban J connectivity index is 1.34. The van der Waals surface area contributed by atoms with Crippen LogP contribution in [0.3, 0.4) is 0 Å². The van der Waals surface area contributed by atoms with E-state index in [0.29, 0.717) is 19.4 Å². The zero-order valence-electron chi connectivity index (χ0n) is 18.4. The Bertz CT molecular complexity index is 1030. The van der Waals surface area contributed by atoms with Gasteiger partial charge in [-0.1, -0.05) is 30.3 Å². The summed E-state index contributed by atoms with van der Waals surface area (Å²) < 4.78 is 7.26. The summed E-state index contributed by atoms with van der Waals surface area (Å²) in [4.78, 5) is 19.5. The second-order valence-electron chi connectivity index (χ2n) is 8.08. The number of nitrogens with one attached hydrogen (secondary N) is 1. The van der Waals surface area contributed by atoms with Crippen LogP contribution in [0.15, 0.2) is 36.4 Å². The van der Waals surface area contributed by atoms with E-state index in [1.165, 1.54) is 0 Å². The summed E-state index contributed by atoms with van der Waals surface area (Å²) in [6.07, 6.45) is 2.09. The van der Waals surface area contributed by atoms with Crippen LogP contribution in [0, 0.1) is 13.8 Å². The first-order valence-electron chi connectivity index (χ1n) is 11.1. The number of carbonyl (C=O) groups excluding carboxylic acids is 1. The maximum Gasteiger partial charge on any atom is 0.220 e. The lowest BCUT2D eigenvalue weighted by molar-refractivity contribution is -0.121. The normalized spacial score (nSPS) is 14.8. The summed E-state index contributed by atoms with van der Waals surface area (Å²) in [5, 5.41) is 7.81. The molecule has 1 aliphatic rings. The third-order valence-corrected chi connectivity index (χ3v) is 5.91. The third kappa shape index (κ3) is 5.29. The van der Waals surface area contributed by atoms with E-state index in [9.17, 15) is 4.79 Å². The minimum Gasteiger partial charge on any atom is -0.379 e. The average molecular weight is 422 g/mol. The maximum absolute atomic E-state index is 12.4. The molecular formula is C24H31N5O2. The predicted octanol–water partition coefficient (Wildman–Crippen LogP) is 2.78. The fraction of sp³-hybridized carbons (Fsp3) is 0.458. The Morgan fingerprint density at radius 3 is 2.71 bits per heavy atom. The molecule has 7 heteroatoms. The quantitative estimate of drug-likeness (QED) is 0.567. The van der Waals surface area contributed by atoms with Crippen molar-refractivity contribution in [2.75, 3.05) is 39.4 Å². The molecule has 7 nitrogen and oxygen atoms in total. The van der Waals surface area contributed by atoms with E-state index in [-0.39, 0.29) is 5.91 Å². The minimum absolute atomic E-state index is 0.0892. The molecule has 31 heavy (non-hydrogen) atoms. The summed E-state index contributed by atoms with van der Waals surface area (Å²) in [6.45, 7) is 9.38. The molecule has 1 amide bonds. The molecule has 4 rings (SSSR count). The zero-order valence-corrected chi connectivity index (χ0v) is 18.4. The number of hydrogen-bond acceptors (Lipinski definition) is 5. The molecule has 1 aromatic carbocycles.